The van der Waals surface area contributed by atoms with Crippen molar-refractivity contribution < 1.29 is 4.79 Å². The number of benzene rings is 1. The molecule has 1 aliphatic rings. The molecule has 0 aliphatic carbocycles. The van der Waals surface area contributed by atoms with Crippen LogP contribution in [0.25, 0.3) is 0 Å². The number of hydrogen-bond acceptors (Lipinski definition) is 4. The van der Waals surface area contributed by atoms with Gasteiger partial charge >= 0.3 is 0 Å². The minimum Gasteiger partial charge on any atom is -0.377 e. The summed E-state index contributed by atoms with van der Waals surface area (Å²) in [4.78, 5) is 14.6. The number of amides is 1. The fraction of sp³-hybridized carbons (Fsp3) is 0.438. The Hall–Kier alpha value is -2.08. The summed E-state index contributed by atoms with van der Waals surface area (Å²) < 4.78 is 1.92. The number of likely N-dealkylation sites (tertiary alicyclic amines) is 1. The molecule has 7 heteroatoms. The summed E-state index contributed by atoms with van der Waals surface area (Å²) in [6.07, 6.45) is 2.13. The van der Waals surface area contributed by atoms with Crippen LogP contribution in [0.5, 0.6) is 0 Å². The van der Waals surface area contributed by atoms with Gasteiger partial charge in [-0.25, -0.2) is 0 Å². The topological polar surface area (TPSA) is 63.1 Å². The number of anilines is 1. The van der Waals surface area contributed by atoms with E-state index in [0.29, 0.717) is 17.1 Å². The number of aryl methyl sites for hydroxylation is 1. The van der Waals surface area contributed by atoms with Crippen molar-refractivity contribution in [2.75, 3.05) is 18.4 Å². The fourth-order valence-electron chi connectivity index (χ4n) is 2.72. The summed E-state index contributed by atoms with van der Waals surface area (Å²) in [6.45, 7) is 4.03. The molecular formula is C16H20ClN5O. The number of nitrogens with one attached hydrogen (secondary N) is 1. The summed E-state index contributed by atoms with van der Waals surface area (Å²) in [5.41, 5.74) is 1.38. The molecule has 1 amide bonds. The van der Waals surface area contributed by atoms with Gasteiger partial charge in [0, 0.05) is 30.8 Å². The van der Waals surface area contributed by atoms with Gasteiger partial charge in [-0.15, -0.1) is 10.2 Å². The third-order valence-corrected chi connectivity index (χ3v) is 4.46. The highest BCUT2D eigenvalue weighted by Crippen LogP contribution is 2.24. The van der Waals surface area contributed by atoms with Crippen molar-refractivity contribution in [2.45, 2.75) is 26.3 Å². The summed E-state index contributed by atoms with van der Waals surface area (Å²) in [5.74, 6) is 1.70. The van der Waals surface area contributed by atoms with Gasteiger partial charge in [-0.1, -0.05) is 11.6 Å². The molecule has 0 spiro atoms. The Morgan fingerprint density at radius 3 is 2.70 bits per heavy atom. The van der Waals surface area contributed by atoms with E-state index in [1.807, 2.05) is 29.5 Å². The number of carbonyl (C=O) groups is 1. The van der Waals surface area contributed by atoms with E-state index in [2.05, 4.69) is 15.5 Å². The molecule has 3 rings (SSSR count). The van der Waals surface area contributed by atoms with Crippen molar-refractivity contribution in [1.29, 1.82) is 0 Å². The number of rotatable bonds is 4. The van der Waals surface area contributed by atoms with Crippen molar-refractivity contribution in [3.63, 3.8) is 0 Å². The Morgan fingerprint density at radius 1 is 1.30 bits per heavy atom. The smallest absolute Gasteiger partial charge is 0.256 e. The first-order valence-corrected chi connectivity index (χ1v) is 8.11. The Balaban J connectivity index is 1.81. The Kier molecular flexibility index (Phi) is 4.52. The maximum absolute atomic E-state index is 12.7. The van der Waals surface area contributed by atoms with E-state index in [4.69, 9.17) is 11.6 Å². The molecule has 1 aromatic heterocycles. The molecule has 0 atom stereocenters. The first kappa shape index (κ1) is 15.8. The lowest BCUT2D eigenvalue weighted by molar-refractivity contribution is 0.0793. The van der Waals surface area contributed by atoms with Crippen LogP contribution in [0.4, 0.5) is 5.69 Å². The fourth-order valence-corrected chi connectivity index (χ4v) is 2.89. The van der Waals surface area contributed by atoms with E-state index in [1.54, 1.807) is 12.1 Å². The zero-order valence-corrected chi connectivity index (χ0v) is 14.1. The van der Waals surface area contributed by atoms with Crippen molar-refractivity contribution in [3.8, 4) is 0 Å². The monoisotopic (exact) mass is 333 g/mol. The second-order valence-electron chi connectivity index (χ2n) is 5.77. The van der Waals surface area contributed by atoms with Gasteiger partial charge in [0.05, 0.1) is 12.1 Å². The van der Waals surface area contributed by atoms with Crippen LogP contribution in [-0.2, 0) is 13.6 Å². The minimum atomic E-state index is 0.0293. The van der Waals surface area contributed by atoms with Crippen molar-refractivity contribution in [3.05, 3.63) is 40.4 Å². The standard InChI is InChI=1S/C16H20ClN5O/c1-11-19-20-15(21(11)2)10-18-14-6-5-12(17)9-13(14)16(23)22-7-3-4-8-22/h5-6,9,18H,3-4,7-8,10H2,1-2H3. The van der Waals surface area contributed by atoms with Gasteiger partial charge in [-0.2, -0.15) is 0 Å². The van der Waals surface area contributed by atoms with Gasteiger partial charge < -0.3 is 14.8 Å². The molecule has 1 fully saturated rings. The summed E-state index contributed by atoms with van der Waals surface area (Å²) in [5, 5.41) is 12.0. The molecule has 122 valence electrons. The zero-order chi connectivity index (χ0) is 16.4. The number of halogens is 1. The first-order chi connectivity index (χ1) is 11.1. The molecule has 2 aromatic rings. The van der Waals surface area contributed by atoms with E-state index in [9.17, 15) is 4.79 Å². The molecule has 1 aromatic carbocycles. The second kappa shape index (κ2) is 6.58. The molecule has 0 saturated carbocycles. The SMILES string of the molecule is Cc1nnc(CNc2ccc(Cl)cc2C(=O)N2CCCC2)n1C. The maximum atomic E-state index is 12.7. The molecule has 1 aliphatic heterocycles. The van der Waals surface area contributed by atoms with Crippen LogP contribution in [0.1, 0.15) is 34.8 Å². The summed E-state index contributed by atoms with van der Waals surface area (Å²) >= 11 is 6.09. The van der Waals surface area contributed by atoms with Gasteiger partial charge in [0.1, 0.15) is 5.82 Å². The average molecular weight is 334 g/mol. The van der Waals surface area contributed by atoms with E-state index in [0.717, 1.165) is 43.3 Å². The normalized spacial score (nSPS) is 14.3. The molecule has 0 bridgehead atoms. The lowest BCUT2D eigenvalue weighted by Crippen LogP contribution is -2.28. The lowest BCUT2D eigenvalue weighted by Gasteiger charge is -2.18. The van der Waals surface area contributed by atoms with Crippen LogP contribution in [0.2, 0.25) is 5.02 Å². The van der Waals surface area contributed by atoms with E-state index in [-0.39, 0.29) is 5.91 Å². The molecule has 6 nitrogen and oxygen atoms in total. The summed E-state index contributed by atoms with van der Waals surface area (Å²) in [6, 6.07) is 5.36. The average Bonchev–Trinajstić information content (AvgIpc) is 3.18. The van der Waals surface area contributed by atoms with Crippen LogP contribution >= 0.6 is 11.6 Å². The quantitative estimate of drug-likeness (QED) is 0.934. The van der Waals surface area contributed by atoms with E-state index >= 15 is 0 Å². The highest BCUT2D eigenvalue weighted by Gasteiger charge is 2.22. The van der Waals surface area contributed by atoms with Crippen molar-refractivity contribution >= 4 is 23.2 Å². The molecule has 0 radical (unpaired) electrons. The van der Waals surface area contributed by atoms with Gasteiger partial charge in [0.25, 0.3) is 5.91 Å². The summed E-state index contributed by atoms with van der Waals surface area (Å²) in [7, 11) is 1.92. The molecular weight excluding hydrogens is 314 g/mol. The highest BCUT2D eigenvalue weighted by molar-refractivity contribution is 6.31. The number of hydrogen-bond donors (Lipinski definition) is 1. The molecule has 2 heterocycles. The largest absolute Gasteiger partial charge is 0.377 e. The van der Waals surface area contributed by atoms with Crippen LogP contribution < -0.4 is 5.32 Å². The van der Waals surface area contributed by atoms with Crippen LogP contribution in [0, 0.1) is 6.92 Å². The molecule has 23 heavy (non-hydrogen) atoms. The number of carbonyl (C=O) groups excluding carboxylic acids is 1. The molecule has 1 saturated heterocycles. The maximum Gasteiger partial charge on any atom is 0.256 e. The third kappa shape index (κ3) is 3.32. The van der Waals surface area contributed by atoms with Gasteiger partial charge in [0.15, 0.2) is 5.82 Å². The Morgan fingerprint density at radius 2 is 2.04 bits per heavy atom. The number of nitrogens with zero attached hydrogens (tertiary/aromatic N) is 4. The van der Waals surface area contributed by atoms with E-state index in [1.165, 1.54) is 0 Å². The predicted molar refractivity (Wildman–Crippen MR) is 89.7 cm³/mol. The molecule has 1 N–H and O–H groups in total. The number of aromatic nitrogens is 3. The minimum absolute atomic E-state index is 0.0293. The van der Waals surface area contributed by atoms with Crippen LogP contribution in [-0.4, -0.2) is 38.7 Å². The highest BCUT2D eigenvalue weighted by atomic mass is 35.5. The Labute approximate surface area is 140 Å². The Bertz CT molecular complexity index is 721. The lowest BCUT2D eigenvalue weighted by atomic mass is 10.1. The van der Waals surface area contributed by atoms with Crippen molar-refractivity contribution in [2.24, 2.45) is 7.05 Å². The first-order valence-electron chi connectivity index (χ1n) is 7.74. The predicted octanol–water partition coefficient (Wildman–Crippen LogP) is 2.63. The second-order valence-corrected chi connectivity index (χ2v) is 6.20. The van der Waals surface area contributed by atoms with E-state index < -0.39 is 0 Å². The van der Waals surface area contributed by atoms with Crippen molar-refractivity contribution in [1.82, 2.24) is 19.7 Å². The molecule has 0 unspecified atom stereocenters. The zero-order valence-electron chi connectivity index (χ0n) is 13.3. The van der Waals surface area contributed by atoms with Gasteiger partial charge in [0.2, 0.25) is 0 Å². The van der Waals surface area contributed by atoms with Gasteiger partial charge in [-0.3, -0.25) is 4.79 Å². The van der Waals surface area contributed by atoms with Crippen LogP contribution in [0.15, 0.2) is 18.2 Å². The van der Waals surface area contributed by atoms with Gasteiger partial charge in [-0.05, 0) is 38.0 Å². The van der Waals surface area contributed by atoms with Crippen LogP contribution in [0.3, 0.4) is 0 Å². The third-order valence-electron chi connectivity index (χ3n) is 4.22.